The van der Waals surface area contributed by atoms with E-state index in [4.69, 9.17) is 5.73 Å². The summed E-state index contributed by atoms with van der Waals surface area (Å²) in [7, 11) is 0. The summed E-state index contributed by atoms with van der Waals surface area (Å²) in [5, 5.41) is 2.86. The molecule has 4 heteroatoms. The average molecular weight is 215 g/mol. The van der Waals surface area contributed by atoms with Gasteiger partial charge in [0, 0.05) is 13.1 Å². The van der Waals surface area contributed by atoms with Gasteiger partial charge >= 0.3 is 0 Å². The molecule has 1 atom stereocenters. The second-order valence-corrected chi connectivity index (χ2v) is 4.09. The van der Waals surface area contributed by atoms with Gasteiger partial charge in [-0.3, -0.25) is 4.79 Å². The molecular weight excluding hydrogens is 190 g/mol. The van der Waals surface area contributed by atoms with E-state index in [0.29, 0.717) is 6.54 Å². The van der Waals surface area contributed by atoms with Crippen LogP contribution in [0, 0.1) is 5.92 Å². The Labute approximate surface area is 93.2 Å². The molecule has 0 saturated heterocycles. The fourth-order valence-electron chi connectivity index (χ4n) is 1.30. The number of carbonyl (C=O) groups is 1. The fraction of sp³-hybridized carbons (Fsp3) is 0.909. The highest BCUT2D eigenvalue weighted by Gasteiger charge is 2.16. The van der Waals surface area contributed by atoms with Crippen LogP contribution in [0.3, 0.4) is 0 Å². The average Bonchev–Trinajstić information content (AvgIpc) is 2.22. The maximum atomic E-state index is 11.5. The number of nitrogens with two attached hydrogens (primary N) is 1. The molecule has 3 N–H and O–H groups in total. The molecule has 0 fully saturated rings. The summed E-state index contributed by atoms with van der Waals surface area (Å²) in [4.78, 5) is 13.8. The Morgan fingerprint density at radius 3 is 2.27 bits per heavy atom. The van der Waals surface area contributed by atoms with E-state index in [-0.39, 0.29) is 17.9 Å². The first kappa shape index (κ1) is 14.4. The fourth-order valence-corrected chi connectivity index (χ4v) is 1.30. The molecule has 0 rings (SSSR count). The summed E-state index contributed by atoms with van der Waals surface area (Å²) in [5.41, 5.74) is 5.72. The lowest BCUT2D eigenvalue weighted by Crippen LogP contribution is -2.46. The Kier molecular flexibility index (Phi) is 7.34. The zero-order valence-corrected chi connectivity index (χ0v) is 10.4. The Morgan fingerprint density at radius 1 is 1.33 bits per heavy atom. The van der Waals surface area contributed by atoms with Crippen LogP contribution in [0.25, 0.3) is 0 Å². The lowest BCUT2D eigenvalue weighted by atomic mass is 10.1. The van der Waals surface area contributed by atoms with Crippen LogP contribution in [0.2, 0.25) is 0 Å². The van der Waals surface area contributed by atoms with E-state index in [1.165, 1.54) is 0 Å². The highest BCUT2D eigenvalue weighted by molar-refractivity contribution is 5.81. The molecular formula is C11H25N3O. The Bertz CT molecular complexity index is 179. The zero-order valence-electron chi connectivity index (χ0n) is 10.4. The first-order valence-corrected chi connectivity index (χ1v) is 5.78. The molecule has 0 aromatic heterocycles. The van der Waals surface area contributed by atoms with Gasteiger partial charge < -0.3 is 16.0 Å². The maximum absolute atomic E-state index is 11.5. The second kappa shape index (κ2) is 7.65. The molecule has 0 bridgehead atoms. The molecule has 0 aromatic carbocycles. The van der Waals surface area contributed by atoms with E-state index in [9.17, 15) is 4.79 Å². The minimum atomic E-state index is -0.387. The number of rotatable bonds is 7. The Morgan fingerprint density at radius 2 is 1.87 bits per heavy atom. The quantitative estimate of drug-likeness (QED) is 0.647. The molecule has 0 spiro atoms. The lowest BCUT2D eigenvalue weighted by molar-refractivity contribution is -0.123. The highest BCUT2D eigenvalue weighted by Crippen LogP contribution is 1.97. The van der Waals surface area contributed by atoms with E-state index >= 15 is 0 Å². The summed E-state index contributed by atoms with van der Waals surface area (Å²) in [6.45, 7) is 11.7. The van der Waals surface area contributed by atoms with Crippen LogP contribution >= 0.6 is 0 Å². The van der Waals surface area contributed by atoms with Gasteiger partial charge in [-0.05, 0) is 19.0 Å². The van der Waals surface area contributed by atoms with Crippen molar-refractivity contribution in [1.82, 2.24) is 10.2 Å². The van der Waals surface area contributed by atoms with Crippen molar-refractivity contribution in [3.63, 3.8) is 0 Å². The van der Waals surface area contributed by atoms with Crippen LogP contribution < -0.4 is 11.1 Å². The van der Waals surface area contributed by atoms with Crippen LogP contribution in [0.15, 0.2) is 0 Å². The van der Waals surface area contributed by atoms with Gasteiger partial charge in [0.1, 0.15) is 0 Å². The number of carbonyl (C=O) groups excluding carboxylic acids is 1. The third-order valence-electron chi connectivity index (χ3n) is 2.64. The van der Waals surface area contributed by atoms with Gasteiger partial charge in [-0.2, -0.15) is 0 Å². The van der Waals surface area contributed by atoms with E-state index in [2.05, 4.69) is 24.1 Å². The van der Waals surface area contributed by atoms with Crippen LogP contribution in [0.5, 0.6) is 0 Å². The molecule has 1 amide bonds. The predicted molar refractivity (Wildman–Crippen MR) is 63.6 cm³/mol. The number of hydrogen-bond donors (Lipinski definition) is 2. The number of nitrogens with one attached hydrogen (secondary N) is 1. The summed E-state index contributed by atoms with van der Waals surface area (Å²) in [6.07, 6.45) is 0. The van der Waals surface area contributed by atoms with E-state index in [1.807, 2.05) is 13.8 Å². The van der Waals surface area contributed by atoms with Crippen molar-refractivity contribution in [1.29, 1.82) is 0 Å². The molecule has 0 heterocycles. The number of likely N-dealkylation sites (N-methyl/N-ethyl adjacent to an activating group) is 1. The Hall–Kier alpha value is -0.610. The van der Waals surface area contributed by atoms with Crippen LogP contribution in [-0.2, 0) is 4.79 Å². The van der Waals surface area contributed by atoms with Gasteiger partial charge in [0.2, 0.25) is 5.91 Å². The number of amides is 1. The van der Waals surface area contributed by atoms with E-state index in [1.54, 1.807) is 0 Å². The monoisotopic (exact) mass is 215 g/mol. The maximum Gasteiger partial charge on any atom is 0.237 e. The van der Waals surface area contributed by atoms with E-state index in [0.717, 1.165) is 19.6 Å². The summed E-state index contributed by atoms with van der Waals surface area (Å²) < 4.78 is 0. The molecule has 0 aromatic rings. The van der Waals surface area contributed by atoms with Gasteiger partial charge in [0.05, 0.1) is 6.04 Å². The first-order chi connectivity index (χ1) is 7.02. The van der Waals surface area contributed by atoms with Crippen LogP contribution in [0.4, 0.5) is 0 Å². The minimum absolute atomic E-state index is 0.0443. The number of hydrogen-bond acceptors (Lipinski definition) is 3. The van der Waals surface area contributed by atoms with Crippen molar-refractivity contribution in [3.05, 3.63) is 0 Å². The summed E-state index contributed by atoms with van der Waals surface area (Å²) >= 11 is 0. The molecule has 0 aliphatic heterocycles. The van der Waals surface area contributed by atoms with Crippen molar-refractivity contribution < 1.29 is 4.79 Å². The summed E-state index contributed by atoms with van der Waals surface area (Å²) in [6, 6.07) is -0.387. The smallest absolute Gasteiger partial charge is 0.237 e. The lowest BCUT2D eigenvalue weighted by Gasteiger charge is -2.20. The summed E-state index contributed by atoms with van der Waals surface area (Å²) in [5.74, 6) is 0.149. The van der Waals surface area contributed by atoms with Crippen LogP contribution in [0.1, 0.15) is 27.7 Å². The second-order valence-electron chi connectivity index (χ2n) is 4.09. The van der Waals surface area contributed by atoms with Gasteiger partial charge in [0.15, 0.2) is 0 Å². The molecule has 4 nitrogen and oxygen atoms in total. The van der Waals surface area contributed by atoms with Crippen molar-refractivity contribution >= 4 is 5.91 Å². The molecule has 0 aliphatic carbocycles. The van der Waals surface area contributed by atoms with Gasteiger partial charge in [-0.15, -0.1) is 0 Å². The van der Waals surface area contributed by atoms with Crippen molar-refractivity contribution in [2.75, 3.05) is 26.2 Å². The predicted octanol–water partition coefficient (Wildman–Crippen LogP) is 0.428. The van der Waals surface area contributed by atoms with Gasteiger partial charge in [-0.1, -0.05) is 27.7 Å². The largest absolute Gasteiger partial charge is 0.353 e. The molecule has 90 valence electrons. The minimum Gasteiger partial charge on any atom is -0.353 e. The molecule has 0 saturated carbocycles. The SMILES string of the molecule is CCN(CC)CCNC(=O)C(N)C(C)C. The van der Waals surface area contributed by atoms with Crippen molar-refractivity contribution in [2.24, 2.45) is 11.7 Å². The topological polar surface area (TPSA) is 58.4 Å². The zero-order chi connectivity index (χ0) is 11.8. The molecule has 0 aliphatic rings. The third-order valence-corrected chi connectivity index (χ3v) is 2.64. The van der Waals surface area contributed by atoms with Crippen LogP contribution in [-0.4, -0.2) is 43.0 Å². The Balaban J connectivity index is 3.72. The van der Waals surface area contributed by atoms with E-state index < -0.39 is 0 Å². The van der Waals surface area contributed by atoms with Crippen molar-refractivity contribution in [3.8, 4) is 0 Å². The molecule has 15 heavy (non-hydrogen) atoms. The number of nitrogens with zero attached hydrogens (tertiary/aromatic N) is 1. The normalized spacial score (nSPS) is 13.3. The first-order valence-electron chi connectivity index (χ1n) is 5.78. The molecule has 0 radical (unpaired) electrons. The third kappa shape index (κ3) is 5.74. The van der Waals surface area contributed by atoms with Crippen molar-refractivity contribution in [2.45, 2.75) is 33.7 Å². The standard InChI is InChI=1S/C11H25N3O/c1-5-14(6-2)8-7-13-11(15)10(12)9(3)4/h9-10H,5-8,12H2,1-4H3,(H,13,15). The van der Waals surface area contributed by atoms with Gasteiger partial charge in [0.25, 0.3) is 0 Å². The molecule has 1 unspecified atom stereocenters. The highest BCUT2D eigenvalue weighted by atomic mass is 16.2. The van der Waals surface area contributed by atoms with Gasteiger partial charge in [-0.25, -0.2) is 0 Å².